The first-order valence-electron chi connectivity index (χ1n) is 8.00. The van der Waals surface area contributed by atoms with Gasteiger partial charge in [0.05, 0.1) is 6.54 Å². The highest BCUT2D eigenvalue weighted by Crippen LogP contribution is 2.16. The highest BCUT2D eigenvalue weighted by molar-refractivity contribution is 5.78. The summed E-state index contributed by atoms with van der Waals surface area (Å²) in [4.78, 5) is 16.6. The SMILES string of the molecule is CCCNCC1CCCN(CC(=O)N2CCCC2)C1. The van der Waals surface area contributed by atoms with Gasteiger partial charge in [0.2, 0.25) is 5.91 Å². The molecule has 1 atom stereocenters. The van der Waals surface area contributed by atoms with Crippen molar-refractivity contribution in [2.24, 2.45) is 5.92 Å². The third-order valence-electron chi connectivity index (χ3n) is 4.28. The van der Waals surface area contributed by atoms with E-state index < -0.39 is 0 Å². The zero-order valence-corrected chi connectivity index (χ0v) is 12.4. The fraction of sp³-hybridized carbons (Fsp3) is 0.933. The summed E-state index contributed by atoms with van der Waals surface area (Å²) in [6.45, 7) is 9.23. The summed E-state index contributed by atoms with van der Waals surface area (Å²) in [6, 6.07) is 0. The minimum atomic E-state index is 0.347. The van der Waals surface area contributed by atoms with Crippen LogP contribution in [-0.2, 0) is 4.79 Å². The number of hydrogen-bond acceptors (Lipinski definition) is 3. The molecule has 2 saturated heterocycles. The van der Waals surface area contributed by atoms with Crippen LogP contribution >= 0.6 is 0 Å². The van der Waals surface area contributed by atoms with E-state index in [4.69, 9.17) is 0 Å². The maximum Gasteiger partial charge on any atom is 0.236 e. The van der Waals surface area contributed by atoms with E-state index in [0.717, 1.165) is 45.2 Å². The van der Waals surface area contributed by atoms with Crippen LogP contribution in [0, 0.1) is 5.92 Å². The molecule has 1 N–H and O–H groups in total. The van der Waals surface area contributed by atoms with Crippen LogP contribution in [0.1, 0.15) is 39.0 Å². The van der Waals surface area contributed by atoms with E-state index in [9.17, 15) is 4.79 Å². The fourth-order valence-electron chi connectivity index (χ4n) is 3.20. The maximum atomic E-state index is 12.1. The van der Waals surface area contributed by atoms with Crippen LogP contribution in [0.15, 0.2) is 0 Å². The average molecular weight is 267 g/mol. The zero-order valence-electron chi connectivity index (χ0n) is 12.4. The Bertz CT molecular complexity index is 277. The van der Waals surface area contributed by atoms with Crippen molar-refractivity contribution in [3.8, 4) is 0 Å². The molecule has 0 aromatic heterocycles. The molecule has 110 valence electrons. The Morgan fingerprint density at radius 2 is 2.00 bits per heavy atom. The minimum Gasteiger partial charge on any atom is -0.342 e. The number of carbonyl (C=O) groups excluding carboxylic acids is 1. The van der Waals surface area contributed by atoms with E-state index >= 15 is 0 Å². The Hall–Kier alpha value is -0.610. The molecular weight excluding hydrogens is 238 g/mol. The predicted molar refractivity (Wildman–Crippen MR) is 78.1 cm³/mol. The van der Waals surface area contributed by atoms with Gasteiger partial charge in [0, 0.05) is 19.6 Å². The van der Waals surface area contributed by atoms with Crippen LogP contribution in [0.2, 0.25) is 0 Å². The number of nitrogens with zero attached hydrogens (tertiary/aromatic N) is 2. The topological polar surface area (TPSA) is 35.6 Å². The smallest absolute Gasteiger partial charge is 0.236 e. The van der Waals surface area contributed by atoms with Gasteiger partial charge < -0.3 is 10.2 Å². The highest BCUT2D eigenvalue weighted by atomic mass is 16.2. The Balaban J connectivity index is 1.69. The molecule has 0 aromatic rings. The van der Waals surface area contributed by atoms with Crippen molar-refractivity contribution in [3.05, 3.63) is 0 Å². The lowest BCUT2D eigenvalue weighted by atomic mass is 9.98. The van der Waals surface area contributed by atoms with Crippen LogP contribution in [0.3, 0.4) is 0 Å². The van der Waals surface area contributed by atoms with E-state index in [1.54, 1.807) is 0 Å². The number of nitrogens with one attached hydrogen (secondary N) is 1. The van der Waals surface area contributed by atoms with E-state index in [0.29, 0.717) is 12.5 Å². The molecule has 0 bridgehead atoms. The summed E-state index contributed by atoms with van der Waals surface area (Å²) in [5.41, 5.74) is 0. The molecule has 0 spiro atoms. The number of amides is 1. The molecule has 2 aliphatic rings. The Morgan fingerprint density at radius 3 is 2.74 bits per heavy atom. The van der Waals surface area contributed by atoms with Crippen LogP contribution in [-0.4, -0.2) is 61.5 Å². The van der Waals surface area contributed by atoms with Crippen LogP contribution in [0.4, 0.5) is 0 Å². The molecule has 4 heteroatoms. The first-order chi connectivity index (χ1) is 9.29. The summed E-state index contributed by atoms with van der Waals surface area (Å²) in [7, 11) is 0. The summed E-state index contributed by atoms with van der Waals surface area (Å²) < 4.78 is 0. The molecule has 1 amide bonds. The van der Waals surface area contributed by atoms with Crippen molar-refractivity contribution >= 4 is 5.91 Å². The normalized spacial score (nSPS) is 24.9. The largest absolute Gasteiger partial charge is 0.342 e. The van der Waals surface area contributed by atoms with Crippen molar-refractivity contribution in [1.82, 2.24) is 15.1 Å². The molecule has 0 saturated carbocycles. The van der Waals surface area contributed by atoms with Crippen LogP contribution in [0.5, 0.6) is 0 Å². The van der Waals surface area contributed by atoms with Gasteiger partial charge >= 0.3 is 0 Å². The zero-order chi connectivity index (χ0) is 13.5. The van der Waals surface area contributed by atoms with Gasteiger partial charge in [-0.05, 0) is 57.7 Å². The summed E-state index contributed by atoms with van der Waals surface area (Å²) in [5, 5.41) is 3.51. The standard InChI is InChI=1S/C15H29N3O/c1-2-7-16-11-14-6-5-8-17(12-14)13-15(19)18-9-3-4-10-18/h14,16H,2-13H2,1H3. The van der Waals surface area contributed by atoms with Crippen molar-refractivity contribution < 1.29 is 4.79 Å². The van der Waals surface area contributed by atoms with Crippen LogP contribution < -0.4 is 5.32 Å². The number of piperidine rings is 1. The summed E-state index contributed by atoms with van der Waals surface area (Å²) in [5.74, 6) is 1.08. The van der Waals surface area contributed by atoms with Gasteiger partial charge in [0.25, 0.3) is 0 Å². The lowest BCUT2D eigenvalue weighted by Gasteiger charge is -2.33. The Morgan fingerprint density at radius 1 is 1.21 bits per heavy atom. The first kappa shape index (κ1) is 14.8. The van der Waals surface area contributed by atoms with Gasteiger partial charge in [-0.25, -0.2) is 0 Å². The van der Waals surface area contributed by atoms with Gasteiger partial charge in [0.1, 0.15) is 0 Å². The second-order valence-corrected chi connectivity index (χ2v) is 6.04. The molecule has 2 aliphatic heterocycles. The lowest BCUT2D eigenvalue weighted by Crippen LogP contribution is -2.45. The van der Waals surface area contributed by atoms with Crippen LogP contribution in [0.25, 0.3) is 0 Å². The van der Waals surface area contributed by atoms with Gasteiger partial charge in [-0.1, -0.05) is 6.92 Å². The number of hydrogen-bond donors (Lipinski definition) is 1. The van der Waals surface area contributed by atoms with E-state index in [1.807, 2.05) is 4.90 Å². The van der Waals surface area contributed by atoms with Gasteiger partial charge in [-0.15, -0.1) is 0 Å². The molecule has 2 fully saturated rings. The molecule has 0 aromatic carbocycles. The maximum absolute atomic E-state index is 12.1. The van der Waals surface area contributed by atoms with E-state index in [2.05, 4.69) is 17.1 Å². The molecule has 2 heterocycles. The molecule has 0 aliphatic carbocycles. The summed E-state index contributed by atoms with van der Waals surface area (Å²) >= 11 is 0. The molecule has 1 unspecified atom stereocenters. The predicted octanol–water partition coefficient (Wildman–Crippen LogP) is 1.32. The Kier molecular flexibility index (Phi) is 6.11. The quantitative estimate of drug-likeness (QED) is 0.737. The van der Waals surface area contributed by atoms with Crippen molar-refractivity contribution in [2.75, 3.05) is 45.8 Å². The van der Waals surface area contributed by atoms with Gasteiger partial charge in [0.15, 0.2) is 0 Å². The number of likely N-dealkylation sites (tertiary alicyclic amines) is 2. The number of rotatable bonds is 6. The fourth-order valence-corrected chi connectivity index (χ4v) is 3.20. The highest BCUT2D eigenvalue weighted by Gasteiger charge is 2.24. The Labute approximate surface area is 117 Å². The molecule has 2 rings (SSSR count). The molecule has 19 heavy (non-hydrogen) atoms. The molecule has 0 radical (unpaired) electrons. The summed E-state index contributed by atoms with van der Waals surface area (Å²) in [6.07, 6.45) is 6.13. The lowest BCUT2D eigenvalue weighted by molar-refractivity contribution is -0.131. The second kappa shape index (κ2) is 7.85. The van der Waals surface area contributed by atoms with Crippen molar-refractivity contribution in [3.63, 3.8) is 0 Å². The monoisotopic (exact) mass is 267 g/mol. The van der Waals surface area contributed by atoms with E-state index in [-0.39, 0.29) is 0 Å². The van der Waals surface area contributed by atoms with Gasteiger partial charge in [-0.3, -0.25) is 9.69 Å². The molecular formula is C15H29N3O. The van der Waals surface area contributed by atoms with E-state index in [1.165, 1.54) is 32.1 Å². The minimum absolute atomic E-state index is 0.347. The van der Waals surface area contributed by atoms with Gasteiger partial charge in [-0.2, -0.15) is 0 Å². The number of carbonyl (C=O) groups is 1. The second-order valence-electron chi connectivity index (χ2n) is 6.04. The average Bonchev–Trinajstić information content (AvgIpc) is 2.93. The molecule has 4 nitrogen and oxygen atoms in total. The van der Waals surface area contributed by atoms with Crippen molar-refractivity contribution in [1.29, 1.82) is 0 Å². The first-order valence-corrected chi connectivity index (χ1v) is 8.00. The van der Waals surface area contributed by atoms with Crippen molar-refractivity contribution in [2.45, 2.75) is 39.0 Å². The third kappa shape index (κ3) is 4.77. The third-order valence-corrected chi connectivity index (χ3v) is 4.28.